The number of hydrogen-bond donors (Lipinski definition) is 3. The van der Waals surface area contributed by atoms with Crippen molar-refractivity contribution >= 4 is 39.5 Å². The summed E-state index contributed by atoms with van der Waals surface area (Å²) < 4.78 is 68.5. The summed E-state index contributed by atoms with van der Waals surface area (Å²) in [5.74, 6) is 0.931. The first-order valence-corrected chi connectivity index (χ1v) is 42.7. The van der Waals surface area contributed by atoms with E-state index in [1.165, 1.54) is 186 Å². The van der Waals surface area contributed by atoms with E-state index in [4.69, 9.17) is 37.0 Å². The molecule has 0 rings (SSSR count). The van der Waals surface area contributed by atoms with E-state index in [2.05, 4.69) is 55.4 Å². The zero-order valence-electron chi connectivity index (χ0n) is 63.0. The highest BCUT2D eigenvalue weighted by atomic mass is 31.2. The van der Waals surface area contributed by atoms with E-state index in [0.29, 0.717) is 37.5 Å². The van der Waals surface area contributed by atoms with Gasteiger partial charge in [-0.1, -0.05) is 338 Å². The zero-order chi connectivity index (χ0) is 71.0. The third kappa shape index (κ3) is 69.2. The third-order valence-corrected chi connectivity index (χ3v) is 20.1. The molecule has 0 aliphatic carbocycles. The van der Waals surface area contributed by atoms with Crippen molar-refractivity contribution in [3.63, 3.8) is 0 Å². The zero-order valence-corrected chi connectivity index (χ0v) is 64.8. The quantitative estimate of drug-likeness (QED) is 0.0222. The van der Waals surface area contributed by atoms with Crippen LogP contribution in [0.15, 0.2) is 0 Å². The van der Waals surface area contributed by atoms with Gasteiger partial charge in [0.05, 0.1) is 26.4 Å². The number of aliphatic hydroxyl groups is 1. The van der Waals surface area contributed by atoms with Crippen LogP contribution in [0.3, 0.4) is 0 Å². The average molecular weight is 1410 g/mol. The van der Waals surface area contributed by atoms with Crippen LogP contribution in [-0.2, 0) is 65.4 Å². The van der Waals surface area contributed by atoms with Crippen LogP contribution in [0.1, 0.15) is 389 Å². The topological polar surface area (TPSA) is 237 Å². The highest BCUT2D eigenvalue weighted by Crippen LogP contribution is 2.45. The largest absolute Gasteiger partial charge is 0.472 e. The van der Waals surface area contributed by atoms with Crippen molar-refractivity contribution in [2.24, 2.45) is 23.7 Å². The minimum absolute atomic E-state index is 0.103. The number of carbonyl (C=O) groups is 4. The van der Waals surface area contributed by atoms with E-state index in [-0.39, 0.29) is 25.7 Å². The highest BCUT2D eigenvalue weighted by molar-refractivity contribution is 7.47. The molecule has 96 heavy (non-hydrogen) atoms. The van der Waals surface area contributed by atoms with Gasteiger partial charge in [-0.25, -0.2) is 9.13 Å². The first-order valence-electron chi connectivity index (χ1n) is 39.7. The van der Waals surface area contributed by atoms with Crippen LogP contribution in [0.4, 0.5) is 0 Å². The minimum Gasteiger partial charge on any atom is -0.462 e. The Bertz CT molecular complexity index is 1890. The van der Waals surface area contributed by atoms with Gasteiger partial charge in [0.25, 0.3) is 0 Å². The summed E-state index contributed by atoms with van der Waals surface area (Å²) in [6.07, 6.45) is 51.5. The van der Waals surface area contributed by atoms with Crippen molar-refractivity contribution in [3.8, 4) is 0 Å². The molecule has 0 aliphatic heterocycles. The first-order chi connectivity index (χ1) is 46.1. The number of carbonyl (C=O) groups excluding carboxylic acids is 4. The van der Waals surface area contributed by atoms with E-state index in [0.717, 1.165) is 108 Å². The number of hydrogen-bond acceptors (Lipinski definition) is 15. The summed E-state index contributed by atoms with van der Waals surface area (Å²) in [4.78, 5) is 72.8. The van der Waals surface area contributed by atoms with Gasteiger partial charge < -0.3 is 33.8 Å². The molecule has 0 bridgehead atoms. The molecule has 19 heteroatoms. The van der Waals surface area contributed by atoms with Crippen LogP contribution in [0.5, 0.6) is 0 Å². The van der Waals surface area contributed by atoms with E-state index < -0.39 is 97.5 Å². The van der Waals surface area contributed by atoms with Gasteiger partial charge in [-0.3, -0.25) is 37.3 Å². The van der Waals surface area contributed by atoms with Gasteiger partial charge in [-0.2, -0.15) is 0 Å². The van der Waals surface area contributed by atoms with E-state index >= 15 is 0 Å². The molecular formula is C77H150O17P2. The van der Waals surface area contributed by atoms with E-state index in [1.54, 1.807) is 0 Å². The summed E-state index contributed by atoms with van der Waals surface area (Å²) in [5, 5.41) is 10.6. The smallest absolute Gasteiger partial charge is 0.462 e. The number of ether oxygens (including phenoxy) is 4. The normalized spacial score (nSPS) is 14.4. The number of esters is 4. The fourth-order valence-corrected chi connectivity index (χ4v) is 13.3. The lowest BCUT2D eigenvalue weighted by Crippen LogP contribution is -2.30. The number of phosphoric ester groups is 2. The molecule has 0 saturated carbocycles. The van der Waals surface area contributed by atoms with Gasteiger partial charge in [-0.05, 0) is 49.4 Å². The standard InChI is InChI=1S/C77H150O17P2/c1-9-70(8)56-48-40-32-24-20-16-13-14-17-21-25-33-41-49-57-74(79)87-63-73(94-77(82)60-52-44-36-28-31-39-47-55-69(6)7)66-92-96(85,86)90-62-71(78)61-89-95(83,84)91-65-72(64-88-75(80)58-50-42-35-27-30-38-46-54-68(4)5)93-76(81)59-51-43-34-26-22-18-12-10-11-15-19-23-29-37-45-53-67(2)3/h67-73,78H,9-66H2,1-8H3,(H,83,84)(H,85,86)/t70?,71?,72-,73-/m1/s1. The first kappa shape index (κ1) is 94.1. The maximum atomic E-state index is 13.1. The Labute approximate surface area is 588 Å². The molecule has 0 heterocycles. The Morgan fingerprint density at radius 2 is 0.500 bits per heavy atom. The summed E-state index contributed by atoms with van der Waals surface area (Å²) in [6.45, 7) is 14.2. The molecule has 0 aromatic carbocycles. The summed E-state index contributed by atoms with van der Waals surface area (Å²) in [6, 6.07) is 0. The van der Waals surface area contributed by atoms with E-state index in [9.17, 15) is 43.2 Å². The number of rotatable bonds is 74. The number of unbranched alkanes of at least 4 members (excludes halogenated alkanes) is 39. The van der Waals surface area contributed by atoms with Crippen LogP contribution < -0.4 is 0 Å². The van der Waals surface area contributed by atoms with Crippen molar-refractivity contribution in [2.45, 2.75) is 408 Å². The molecule has 0 aromatic rings. The summed E-state index contributed by atoms with van der Waals surface area (Å²) in [5.41, 5.74) is 0. The molecular weight excluding hydrogens is 1260 g/mol. The molecule has 17 nitrogen and oxygen atoms in total. The van der Waals surface area contributed by atoms with Crippen molar-refractivity contribution in [3.05, 3.63) is 0 Å². The molecule has 0 aliphatic rings. The molecule has 3 N–H and O–H groups in total. The van der Waals surface area contributed by atoms with Crippen molar-refractivity contribution in [1.82, 2.24) is 0 Å². The van der Waals surface area contributed by atoms with Crippen LogP contribution in [-0.4, -0.2) is 96.7 Å². The molecule has 0 spiro atoms. The van der Waals surface area contributed by atoms with Crippen molar-refractivity contribution < 1.29 is 80.2 Å². The third-order valence-electron chi connectivity index (χ3n) is 18.2. The highest BCUT2D eigenvalue weighted by Gasteiger charge is 2.30. The van der Waals surface area contributed by atoms with Gasteiger partial charge >= 0.3 is 39.5 Å². The fraction of sp³-hybridized carbons (Fsp3) is 0.948. The predicted octanol–water partition coefficient (Wildman–Crippen LogP) is 22.4. The SMILES string of the molecule is CCC(C)CCCCCCCCCCCCCCCCC(=O)OC[C@H](COP(=O)(O)OCC(O)COP(=O)(O)OC[C@@H](COC(=O)CCCCCCCCCC(C)C)OC(=O)CCCCCCCCCCCCCCCCCC(C)C)OC(=O)CCCCCCCCCC(C)C. The molecule has 6 atom stereocenters. The van der Waals surface area contributed by atoms with Gasteiger partial charge in [0, 0.05) is 25.7 Å². The molecule has 0 saturated heterocycles. The minimum atomic E-state index is -4.96. The maximum absolute atomic E-state index is 13.1. The molecule has 570 valence electrons. The number of aliphatic hydroxyl groups excluding tert-OH is 1. The fourth-order valence-electron chi connectivity index (χ4n) is 11.7. The lowest BCUT2D eigenvalue weighted by Gasteiger charge is -2.21. The maximum Gasteiger partial charge on any atom is 0.472 e. The molecule has 0 amide bonds. The Kier molecular flexibility index (Phi) is 65.0. The predicted molar refractivity (Wildman–Crippen MR) is 391 cm³/mol. The second-order valence-electron chi connectivity index (χ2n) is 29.4. The molecule has 4 unspecified atom stereocenters. The van der Waals surface area contributed by atoms with Crippen LogP contribution in [0.25, 0.3) is 0 Å². The Morgan fingerprint density at radius 3 is 0.740 bits per heavy atom. The number of phosphoric acid groups is 2. The van der Waals surface area contributed by atoms with Crippen LogP contribution in [0.2, 0.25) is 0 Å². The Hall–Kier alpha value is -1.94. The van der Waals surface area contributed by atoms with Crippen molar-refractivity contribution in [1.29, 1.82) is 0 Å². The molecule has 0 radical (unpaired) electrons. The summed E-state index contributed by atoms with van der Waals surface area (Å²) >= 11 is 0. The van der Waals surface area contributed by atoms with E-state index in [1.807, 2.05) is 0 Å². The second-order valence-corrected chi connectivity index (χ2v) is 32.3. The lowest BCUT2D eigenvalue weighted by molar-refractivity contribution is -0.161. The van der Waals surface area contributed by atoms with Crippen LogP contribution >= 0.6 is 15.6 Å². The molecule has 0 aromatic heterocycles. The Morgan fingerprint density at radius 1 is 0.292 bits per heavy atom. The van der Waals surface area contributed by atoms with Gasteiger partial charge in [-0.15, -0.1) is 0 Å². The van der Waals surface area contributed by atoms with Gasteiger partial charge in [0.1, 0.15) is 19.3 Å². The van der Waals surface area contributed by atoms with Crippen LogP contribution in [0, 0.1) is 23.7 Å². The Balaban J connectivity index is 5.18. The molecule has 0 fully saturated rings. The average Bonchev–Trinajstić information content (AvgIpc) is 1.10. The van der Waals surface area contributed by atoms with Gasteiger partial charge in [0.15, 0.2) is 12.2 Å². The van der Waals surface area contributed by atoms with Gasteiger partial charge in [0.2, 0.25) is 0 Å². The van der Waals surface area contributed by atoms with Crippen molar-refractivity contribution in [2.75, 3.05) is 39.6 Å². The summed E-state index contributed by atoms with van der Waals surface area (Å²) in [7, 11) is -9.91. The monoisotopic (exact) mass is 1410 g/mol. The second kappa shape index (κ2) is 66.3. The lowest BCUT2D eigenvalue weighted by atomic mass is 9.99.